The zero-order valence-corrected chi connectivity index (χ0v) is 20.6. The summed E-state index contributed by atoms with van der Waals surface area (Å²) < 4.78 is 10.4. The van der Waals surface area contributed by atoms with Crippen LogP contribution in [0.1, 0.15) is 28.0 Å². The maximum atomic E-state index is 12.6. The second-order valence-electron chi connectivity index (χ2n) is 7.24. The first-order valence-electron chi connectivity index (χ1n) is 10.4. The maximum Gasteiger partial charge on any atom is 0.271 e. The van der Waals surface area contributed by atoms with Crippen LogP contribution in [0.5, 0.6) is 11.5 Å². The van der Waals surface area contributed by atoms with Crippen molar-refractivity contribution in [3.8, 4) is 11.5 Å². The van der Waals surface area contributed by atoms with Gasteiger partial charge in [0.25, 0.3) is 5.91 Å². The highest BCUT2D eigenvalue weighted by Gasteiger charge is 2.15. The number of benzene rings is 2. The number of anilines is 1. The van der Waals surface area contributed by atoms with E-state index in [4.69, 9.17) is 21.1 Å². The number of nitrogens with one attached hydrogen (secondary N) is 2. The van der Waals surface area contributed by atoms with Crippen molar-refractivity contribution < 1.29 is 19.1 Å². The molecule has 0 aliphatic carbocycles. The molecular formula is C24H25ClN4O4S. The van der Waals surface area contributed by atoms with Gasteiger partial charge >= 0.3 is 0 Å². The van der Waals surface area contributed by atoms with Crippen molar-refractivity contribution in [2.45, 2.75) is 24.3 Å². The number of methoxy groups -OCH3 is 2. The standard InChI is InChI=1S/C24H25ClN4O4S/c1-15-4-6-16(7-5-15)14-34-24-27-13-18(25)22(29-24)23(31)26-11-10-21(30)28-19-9-8-17(32-2)12-20(19)33-3/h4-9,12-13H,10-11,14H2,1-3H3,(H,26,31)(H,28,30). The predicted molar refractivity (Wildman–Crippen MR) is 133 cm³/mol. The number of rotatable bonds is 10. The number of carbonyl (C=O) groups is 2. The molecule has 0 spiro atoms. The maximum absolute atomic E-state index is 12.6. The van der Waals surface area contributed by atoms with Crippen LogP contribution in [0.25, 0.3) is 0 Å². The number of amides is 2. The fourth-order valence-electron chi connectivity index (χ4n) is 2.90. The van der Waals surface area contributed by atoms with Crippen molar-refractivity contribution in [2.75, 3.05) is 26.1 Å². The molecule has 8 nitrogen and oxygen atoms in total. The van der Waals surface area contributed by atoms with Gasteiger partial charge in [0.15, 0.2) is 10.9 Å². The summed E-state index contributed by atoms with van der Waals surface area (Å²) in [5, 5.41) is 6.02. The quantitative estimate of drug-likeness (QED) is 0.312. The molecular weight excluding hydrogens is 476 g/mol. The van der Waals surface area contributed by atoms with Crippen LogP contribution in [0.4, 0.5) is 5.69 Å². The monoisotopic (exact) mass is 500 g/mol. The van der Waals surface area contributed by atoms with Gasteiger partial charge in [0, 0.05) is 24.8 Å². The number of halogens is 1. The largest absolute Gasteiger partial charge is 0.497 e. The lowest BCUT2D eigenvalue weighted by Gasteiger charge is -2.12. The third-order valence-electron chi connectivity index (χ3n) is 4.75. The number of carbonyl (C=O) groups excluding carboxylic acids is 2. The molecule has 2 amide bonds. The molecule has 3 aromatic rings. The Morgan fingerprint density at radius 1 is 1.09 bits per heavy atom. The molecule has 0 fully saturated rings. The molecule has 0 saturated heterocycles. The molecule has 0 atom stereocenters. The lowest BCUT2D eigenvalue weighted by molar-refractivity contribution is -0.116. The van der Waals surface area contributed by atoms with Gasteiger partial charge in [-0.15, -0.1) is 0 Å². The number of hydrogen-bond acceptors (Lipinski definition) is 7. The first-order valence-corrected chi connectivity index (χ1v) is 11.8. The molecule has 0 radical (unpaired) electrons. The summed E-state index contributed by atoms with van der Waals surface area (Å²) in [6, 6.07) is 13.2. The Bertz CT molecular complexity index is 1160. The molecule has 3 rings (SSSR count). The highest BCUT2D eigenvalue weighted by Crippen LogP contribution is 2.29. The van der Waals surface area contributed by atoms with Crippen LogP contribution in [0.2, 0.25) is 5.02 Å². The van der Waals surface area contributed by atoms with Gasteiger partial charge in [0.2, 0.25) is 5.91 Å². The van der Waals surface area contributed by atoms with Crippen LogP contribution in [0, 0.1) is 6.92 Å². The highest BCUT2D eigenvalue weighted by atomic mass is 35.5. The fraction of sp³-hybridized carbons (Fsp3) is 0.250. The first-order chi connectivity index (χ1) is 16.4. The third-order valence-corrected chi connectivity index (χ3v) is 5.96. The van der Waals surface area contributed by atoms with Gasteiger partial charge in [-0.2, -0.15) is 0 Å². The van der Waals surface area contributed by atoms with E-state index in [-0.39, 0.29) is 29.6 Å². The van der Waals surface area contributed by atoms with Crippen molar-refractivity contribution in [1.82, 2.24) is 15.3 Å². The Morgan fingerprint density at radius 2 is 1.85 bits per heavy atom. The Balaban J connectivity index is 1.52. The molecule has 1 heterocycles. The SMILES string of the molecule is COc1ccc(NC(=O)CCNC(=O)c2nc(SCc3ccc(C)cc3)ncc2Cl)c(OC)c1. The van der Waals surface area contributed by atoms with E-state index in [0.29, 0.717) is 28.1 Å². The van der Waals surface area contributed by atoms with Gasteiger partial charge in [0.05, 0.1) is 31.1 Å². The minimum atomic E-state index is -0.473. The third kappa shape index (κ3) is 7.10. The van der Waals surface area contributed by atoms with E-state index in [0.717, 1.165) is 5.56 Å². The van der Waals surface area contributed by atoms with Gasteiger partial charge < -0.3 is 20.1 Å². The first kappa shape index (κ1) is 25.3. The van der Waals surface area contributed by atoms with E-state index >= 15 is 0 Å². The van der Waals surface area contributed by atoms with Crippen LogP contribution in [-0.2, 0) is 10.5 Å². The molecule has 2 N–H and O–H groups in total. The smallest absolute Gasteiger partial charge is 0.271 e. The van der Waals surface area contributed by atoms with E-state index in [1.54, 1.807) is 25.3 Å². The molecule has 10 heteroatoms. The van der Waals surface area contributed by atoms with E-state index in [9.17, 15) is 9.59 Å². The Labute approximate surface area is 207 Å². The number of nitrogens with zero attached hydrogens (tertiary/aromatic N) is 2. The minimum Gasteiger partial charge on any atom is -0.497 e. The van der Waals surface area contributed by atoms with Crippen molar-refractivity contribution in [1.29, 1.82) is 0 Å². The summed E-state index contributed by atoms with van der Waals surface area (Å²) in [4.78, 5) is 33.4. The van der Waals surface area contributed by atoms with Crippen LogP contribution in [0.15, 0.2) is 53.8 Å². The number of thioether (sulfide) groups is 1. The zero-order valence-electron chi connectivity index (χ0n) is 19.1. The molecule has 0 aliphatic rings. The Kier molecular flexibility index (Phi) is 9.12. The predicted octanol–water partition coefficient (Wildman–Crippen LogP) is 4.51. The van der Waals surface area contributed by atoms with E-state index in [2.05, 4.69) is 20.6 Å². The van der Waals surface area contributed by atoms with Gasteiger partial charge in [-0.3, -0.25) is 9.59 Å². The summed E-state index contributed by atoms with van der Waals surface area (Å²) in [6.07, 6.45) is 1.46. The molecule has 34 heavy (non-hydrogen) atoms. The van der Waals surface area contributed by atoms with Crippen molar-refractivity contribution in [3.63, 3.8) is 0 Å². The van der Waals surface area contributed by atoms with Crippen molar-refractivity contribution >= 4 is 40.9 Å². The minimum absolute atomic E-state index is 0.0542. The summed E-state index contributed by atoms with van der Waals surface area (Å²) in [5.74, 6) is 0.990. The molecule has 1 aromatic heterocycles. The summed E-state index contributed by atoms with van der Waals surface area (Å²) >= 11 is 7.54. The lowest BCUT2D eigenvalue weighted by atomic mass is 10.2. The van der Waals surface area contributed by atoms with Gasteiger partial charge in [0.1, 0.15) is 11.5 Å². The molecule has 178 valence electrons. The van der Waals surface area contributed by atoms with Gasteiger partial charge in [-0.05, 0) is 24.6 Å². The molecule has 2 aromatic carbocycles. The second kappa shape index (κ2) is 12.2. The number of hydrogen-bond donors (Lipinski definition) is 2. The average Bonchev–Trinajstić information content (AvgIpc) is 2.84. The summed E-state index contributed by atoms with van der Waals surface area (Å²) in [5.41, 5.74) is 2.89. The van der Waals surface area contributed by atoms with Crippen molar-refractivity contribution in [2.24, 2.45) is 0 Å². The van der Waals surface area contributed by atoms with Gasteiger partial charge in [-0.1, -0.05) is 53.2 Å². The lowest BCUT2D eigenvalue weighted by Crippen LogP contribution is -2.28. The number of ether oxygens (including phenoxy) is 2. The van der Waals surface area contributed by atoms with Crippen molar-refractivity contribution in [3.05, 3.63) is 70.5 Å². The molecule has 0 bridgehead atoms. The van der Waals surface area contributed by atoms with Crippen LogP contribution in [-0.4, -0.2) is 42.5 Å². The number of aryl methyl sites for hydroxylation is 1. The normalized spacial score (nSPS) is 10.5. The van der Waals surface area contributed by atoms with Gasteiger partial charge in [-0.25, -0.2) is 9.97 Å². The highest BCUT2D eigenvalue weighted by molar-refractivity contribution is 7.98. The zero-order chi connectivity index (χ0) is 24.5. The molecule has 0 unspecified atom stereocenters. The Hall–Kier alpha value is -3.30. The number of aromatic nitrogens is 2. The van der Waals surface area contributed by atoms with E-state index in [1.165, 1.54) is 30.6 Å². The summed E-state index contributed by atoms with van der Waals surface area (Å²) in [7, 11) is 3.05. The van der Waals surface area contributed by atoms with E-state index < -0.39 is 5.91 Å². The summed E-state index contributed by atoms with van der Waals surface area (Å²) in [6.45, 7) is 2.14. The fourth-order valence-corrected chi connectivity index (χ4v) is 3.85. The van der Waals surface area contributed by atoms with E-state index in [1.807, 2.05) is 31.2 Å². The second-order valence-corrected chi connectivity index (χ2v) is 8.59. The Morgan fingerprint density at radius 3 is 2.56 bits per heavy atom. The molecule has 0 aliphatic heterocycles. The average molecular weight is 501 g/mol. The van der Waals surface area contributed by atoms with Crippen LogP contribution in [0.3, 0.4) is 0 Å². The van der Waals surface area contributed by atoms with Crippen LogP contribution >= 0.6 is 23.4 Å². The topological polar surface area (TPSA) is 102 Å². The van der Waals surface area contributed by atoms with Crippen LogP contribution < -0.4 is 20.1 Å². The molecule has 0 saturated carbocycles.